The predicted molar refractivity (Wildman–Crippen MR) is 75.7 cm³/mol. The third kappa shape index (κ3) is 2.78. The molecular formula is C12H12Cl2N4O. The van der Waals surface area contributed by atoms with E-state index in [2.05, 4.69) is 10.0 Å². The number of anilines is 1. The largest absolute Gasteiger partial charge is 0.309 e. The van der Waals surface area contributed by atoms with Gasteiger partial charge < -0.3 is 4.90 Å². The van der Waals surface area contributed by atoms with E-state index in [9.17, 15) is 4.79 Å². The molecule has 19 heavy (non-hydrogen) atoms. The van der Waals surface area contributed by atoms with Crippen LogP contribution >= 0.6 is 23.2 Å². The molecule has 1 aliphatic rings. The number of hydrogen-bond acceptors (Lipinski definition) is 2. The van der Waals surface area contributed by atoms with Gasteiger partial charge in [0.2, 0.25) is 5.91 Å². The molecule has 7 heteroatoms. The molecule has 1 unspecified atom stereocenters. The van der Waals surface area contributed by atoms with Gasteiger partial charge in [0.15, 0.2) is 0 Å². The molecule has 1 aromatic rings. The number of amides is 1. The van der Waals surface area contributed by atoms with Crippen LogP contribution in [0, 0.1) is 12.8 Å². The minimum absolute atomic E-state index is 0.0102. The first-order chi connectivity index (χ1) is 9.04. The van der Waals surface area contributed by atoms with Gasteiger partial charge in [0.05, 0.1) is 15.7 Å². The van der Waals surface area contributed by atoms with Crippen molar-refractivity contribution in [3.63, 3.8) is 0 Å². The monoisotopic (exact) mass is 298 g/mol. The molecule has 0 radical (unpaired) electrons. The number of nitrogens with zero attached hydrogens (tertiary/aromatic N) is 4. The number of rotatable bonds is 3. The van der Waals surface area contributed by atoms with Crippen LogP contribution in [0.5, 0.6) is 0 Å². The van der Waals surface area contributed by atoms with Gasteiger partial charge in [0, 0.05) is 24.4 Å². The minimum atomic E-state index is -0.0486. The summed E-state index contributed by atoms with van der Waals surface area (Å²) in [7, 11) is 0. The molecule has 0 bridgehead atoms. The summed E-state index contributed by atoms with van der Waals surface area (Å²) >= 11 is 12.4. The van der Waals surface area contributed by atoms with E-state index in [0.29, 0.717) is 35.2 Å². The zero-order valence-electron chi connectivity index (χ0n) is 10.3. The number of halogens is 2. The van der Waals surface area contributed by atoms with E-state index in [4.69, 9.17) is 28.7 Å². The van der Waals surface area contributed by atoms with Crippen molar-refractivity contribution in [2.75, 3.05) is 18.0 Å². The normalized spacial score (nSPS) is 18.6. The second-order valence-corrected chi connectivity index (χ2v) is 5.30. The highest BCUT2D eigenvalue weighted by atomic mass is 35.5. The van der Waals surface area contributed by atoms with Gasteiger partial charge in [-0.2, -0.15) is 0 Å². The van der Waals surface area contributed by atoms with Crippen molar-refractivity contribution in [3.8, 4) is 0 Å². The molecule has 1 fully saturated rings. The lowest BCUT2D eigenvalue weighted by atomic mass is 10.1. The van der Waals surface area contributed by atoms with E-state index in [1.807, 2.05) is 13.0 Å². The van der Waals surface area contributed by atoms with Crippen LogP contribution in [-0.2, 0) is 4.79 Å². The van der Waals surface area contributed by atoms with Gasteiger partial charge in [0.25, 0.3) is 0 Å². The Balaban J connectivity index is 2.30. The molecule has 0 aromatic heterocycles. The first-order valence-corrected chi connectivity index (χ1v) is 6.56. The number of azide groups is 1. The fourth-order valence-electron chi connectivity index (χ4n) is 2.16. The van der Waals surface area contributed by atoms with Crippen LogP contribution in [0.15, 0.2) is 17.2 Å². The second kappa shape index (κ2) is 5.70. The number of hydrogen-bond donors (Lipinski definition) is 0. The lowest BCUT2D eigenvalue weighted by Crippen LogP contribution is -2.25. The van der Waals surface area contributed by atoms with Gasteiger partial charge in [0.1, 0.15) is 0 Å². The van der Waals surface area contributed by atoms with E-state index in [1.165, 1.54) is 0 Å². The number of carbonyl (C=O) groups excluding carboxylic acids is 1. The van der Waals surface area contributed by atoms with Crippen molar-refractivity contribution >= 4 is 34.8 Å². The first kappa shape index (κ1) is 14.0. The van der Waals surface area contributed by atoms with Crippen LogP contribution in [-0.4, -0.2) is 19.0 Å². The van der Waals surface area contributed by atoms with Crippen molar-refractivity contribution in [2.24, 2.45) is 11.0 Å². The zero-order valence-corrected chi connectivity index (χ0v) is 11.8. The summed E-state index contributed by atoms with van der Waals surface area (Å²) in [5.74, 6) is -0.0383. The third-order valence-electron chi connectivity index (χ3n) is 3.14. The first-order valence-electron chi connectivity index (χ1n) is 5.80. The van der Waals surface area contributed by atoms with Crippen LogP contribution in [0.3, 0.4) is 0 Å². The van der Waals surface area contributed by atoms with Gasteiger partial charge in [-0.25, -0.2) is 0 Å². The topological polar surface area (TPSA) is 69.1 Å². The summed E-state index contributed by atoms with van der Waals surface area (Å²) < 4.78 is 0. The molecular weight excluding hydrogens is 287 g/mol. The minimum Gasteiger partial charge on any atom is -0.309 e. The molecule has 2 rings (SSSR count). The van der Waals surface area contributed by atoms with Crippen molar-refractivity contribution in [3.05, 3.63) is 38.2 Å². The molecule has 0 saturated carbocycles. The van der Waals surface area contributed by atoms with Gasteiger partial charge in [-0.3, -0.25) is 4.79 Å². The summed E-state index contributed by atoms with van der Waals surface area (Å²) in [6, 6.07) is 3.54. The molecule has 1 aromatic carbocycles. The van der Waals surface area contributed by atoms with E-state index in [0.717, 1.165) is 5.56 Å². The molecule has 1 aliphatic heterocycles. The molecule has 1 saturated heterocycles. The lowest BCUT2D eigenvalue weighted by molar-refractivity contribution is -0.117. The Morgan fingerprint density at radius 2 is 2.26 bits per heavy atom. The maximum atomic E-state index is 12.0. The van der Waals surface area contributed by atoms with Gasteiger partial charge >= 0.3 is 0 Å². The quantitative estimate of drug-likeness (QED) is 0.473. The van der Waals surface area contributed by atoms with Gasteiger partial charge in [-0.05, 0) is 30.0 Å². The highest BCUT2D eigenvalue weighted by molar-refractivity contribution is 6.40. The van der Waals surface area contributed by atoms with Crippen LogP contribution < -0.4 is 4.90 Å². The number of aryl methyl sites for hydroxylation is 1. The standard InChI is InChI=1S/C12H12Cl2N4O/c1-7-2-3-9(13)12(11(7)14)18-6-8(4-10(18)19)5-16-17-15/h2-3,8H,4-6H2,1H3. The molecule has 0 aliphatic carbocycles. The number of carbonyl (C=O) groups is 1. The fraction of sp³-hybridized carbons (Fsp3) is 0.417. The van der Waals surface area contributed by atoms with E-state index in [1.54, 1.807) is 11.0 Å². The molecule has 1 amide bonds. The summed E-state index contributed by atoms with van der Waals surface area (Å²) in [6.45, 7) is 2.64. The lowest BCUT2D eigenvalue weighted by Gasteiger charge is -2.20. The van der Waals surface area contributed by atoms with Gasteiger partial charge in [-0.15, -0.1) is 0 Å². The molecule has 1 atom stereocenters. The number of benzene rings is 1. The van der Waals surface area contributed by atoms with Crippen molar-refractivity contribution < 1.29 is 4.79 Å². The Labute approximate surface area is 120 Å². The van der Waals surface area contributed by atoms with E-state index >= 15 is 0 Å². The van der Waals surface area contributed by atoms with Crippen LogP contribution in [0.4, 0.5) is 5.69 Å². The van der Waals surface area contributed by atoms with Crippen molar-refractivity contribution in [2.45, 2.75) is 13.3 Å². The second-order valence-electron chi connectivity index (χ2n) is 4.51. The van der Waals surface area contributed by atoms with Crippen molar-refractivity contribution in [1.82, 2.24) is 0 Å². The highest BCUT2D eigenvalue weighted by Crippen LogP contribution is 2.39. The molecule has 0 N–H and O–H groups in total. The molecule has 0 spiro atoms. The summed E-state index contributed by atoms with van der Waals surface area (Å²) in [4.78, 5) is 16.3. The Hall–Kier alpha value is -1.42. The SMILES string of the molecule is Cc1ccc(Cl)c(N2CC(CN=[N+]=[N-])CC2=O)c1Cl. The average Bonchev–Trinajstić information content (AvgIpc) is 2.73. The highest BCUT2D eigenvalue weighted by Gasteiger charge is 2.32. The summed E-state index contributed by atoms with van der Waals surface area (Å²) in [5, 5.41) is 4.46. The fourth-order valence-corrected chi connectivity index (χ4v) is 2.74. The van der Waals surface area contributed by atoms with Gasteiger partial charge in [-0.1, -0.05) is 34.4 Å². The van der Waals surface area contributed by atoms with Crippen LogP contribution in [0.25, 0.3) is 10.4 Å². The smallest absolute Gasteiger partial charge is 0.227 e. The molecule has 5 nitrogen and oxygen atoms in total. The van der Waals surface area contributed by atoms with E-state index in [-0.39, 0.29) is 11.8 Å². The Morgan fingerprint density at radius 3 is 2.95 bits per heavy atom. The Morgan fingerprint density at radius 1 is 1.53 bits per heavy atom. The third-order valence-corrected chi connectivity index (χ3v) is 3.92. The van der Waals surface area contributed by atoms with Crippen LogP contribution in [0.2, 0.25) is 10.0 Å². The molecule has 1 heterocycles. The van der Waals surface area contributed by atoms with E-state index < -0.39 is 0 Å². The zero-order chi connectivity index (χ0) is 14.0. The predicted octanol–water partition coefficient (Wildman–Crippen LogP) is 3.97. The van der Waals surface area contributed by atoms with Crippen molar-refractivity contribution in [1.29, 1.82) is 0 Å². The average molecular weight is 299 g/mol. The summed E-state index contributed by atoms with van der Waals surface area (Å²) in [6.07, 6.45) is 0.347. The Kier molecular flexibility index (Phi) is 4.20. The molecule has 100 valence electrons. The van der Waals surface area contributed by atoms with Crippen LogP contribution in [0.1, 0.15) is 12.0 Å². The Bertz CT molecular complexity index is 569. The maximum Gasteiger partial charge on any atom is 0.227 e. The summed E-state index contributed by atoms with van der Waals surface area (Å²) in [5.41, 5.74) is 9.74. The maximum absolute atomic E-state index is 12.0.